The lowest BCUT2D eigenvalue weighted by molar-refractivity contribution is -0.385. The first-order valence-corrected chi connectivity index (χ1v) is 4.24. The van der Waals surface area contributed by atoms with Crippen LogP contribution in [0.2, 0.25) is 0 Å². The topological polar surface area (TPSA) is 87.7 Å². The first kappa shape index (κ1) is 9.20. The minimum Gasteiger partial charge on any atom is -0.348 e. The number of hydrogen-bond acceptors (Lipinski definition) is 3. The van der Waals surface area contributed by atoms with Gasteiger partial charge in [-0.25, -0.2) is 0 Å². The minimum absolute atomic E-state index is 0.0411. The molecule has 0 aromatic carbocycles. The second-order valence-corrected chi connectivity index (χ2v) is 2.96. The Morgan fingerprint density at radius 2 is 2.20 bits per heavy atom. The molecule has 0 radical (unpaired) electrons. The molecule has 0 saturated carbocycles. The Balaban J connectivity index is 2.61. The lowest BCUT2D eigenvalue weighted by atomic mass is 10.4. The van der Waals surface area contributed by atoms with E-state index in [9.17, 15) is 10.1 Å². The van der Waals surface area contributed by atoms with Gasteiger partial charge in [0, 0.05) is 12.3 Å². The van der Waals surface area contributed by atoms with E-state index in [4.69, 9.17) is 5.41 Å². The van der Waals surface area contributed by atoms with Gasteiger partial charge in [-0.3, -0.25) is 20.1 Å². The van der Waals surface area contributed by atoms with E-state index in [1.54, 1.807) is 18.3 Å². The van der Waals surface area contributed by atoms with Crippen LogP contribution in [0.4, 0.5) is 5.69 Å². The smallest absolute Gasteiger partial charge is 0.286 e. The largest absolute Gasteiger partial charge is 0.348 e. The Morgan fingerprint density at radius 3 is 2.80 bits per heavy atom. The molecule has 0 aliphatic carbocycles. The molecule has 0 unspecified atom stereocenters. The van der Waals surface area contributed by atoms with E-state index in [2.05, 4.69) is 4.98 Å². The number of pyridine rings is 1. The Kier molecular flexibility index (Phi) is 2.09. The molecule has 0 amide bonds. The number of aromatic amines is 1. The molecule has 0 saturated heterocycles. The number of hydrogen-bond donors (Lipinski definition) is 2. The Morgan fingerprint density at radius 1 is 1.40 bits per heavy atom. The van der Waals surface area contributed by atoms with Crippen molar-refractivity contribution in [3.05, 3.63) is 52.3 Å². The normalized spacial score (nSPS) is 10.1. The molecule has 6 heteroatoms. The number of aromatic nitrogens is 2. The van der Waals surface area contributed by atoms with Gasteiger partial charge in [0.15, 0.2) is 0 Å². The van der Waals surface area contributed by atoms with Gasteiger partial charge < -0.3 is 4.98 Å². The highest BCUT2D eigenvalue weighted by Crippen LogP contribution is 2.09. The van der Waals surface area contributed by atoms with Crippen molar-refractivity contribution in [1.82, 2.24) is 9.55 Å². The molecule has 6 nitrogen and oxygen atoms in total. The van der Waals surface area contributed by atoms with Crippen molar-refractivity contribution in [2.24, 2.45) is 0 Å². The first-order valence-electron chi connectivity index (χ1n) is 4.24. The van der Waals surface area contributed by atoms with Gasteiger partial charge in [0.05, 0.1) is 11.1 Å². The molecule has 0 spiro atoms. The van der Waals surface area contributed by atoms with Crippen molar-refractivity contribution in [2.45, 2.75) is 0 Å². The van der Waals surface area contributed by atoms with E-state index in [1.807, 2.05) is 0 Å². The fourth-order valence-electron chi connectivity index (χ4n) is 1.27. The SMILES string of the molecule is N=c1ccc([N+](=O)[O-])cn1-c1ccc[nH]1. The van der Waals surface area contributed by atoms with Gasteiger partial charge in [0.25, 0.3) is 5.69 Å². The molecule has 0 aliphatic heterocycles. The van der Waals surface area contributed by atoms with E-state index >= 15 is 0 Å². The summed E-state index contributed by atoms with van der Waals surface area (Å²) in [5.41, 5.74) is 0.142. The highest BCUT2D eigenvalue weighted by Gasteiger charge is 2.07. The molecule has 2 aromatic heterocycles. The maximum atomic E-state index is 10.6. The molecule has 2 heterocycles. The van der Waals surface area contributed by atoms with Crippen LogP contribution in [0.3, 0.4) is 0 Å². The quantitative estimate of drug-likeness (QED) is 0.568. The Hall–Kier alpha value is -2.37. The van der Waals surface area contributed by atoms with Crippen LogP contribution in [0.25, 0.3) is 5.82 Å². The van der Waals surface area contributed by atoms with Crippen LogP contribution in [0, 0.1) is 15.5 Å². The molecule has 2 aromatic rings. The predicted molar refractivity (Wildman–Crippen MR) is 52.6 cm³/mol. The second kappa shape index (κ2) is 3.41. The van der Waals surface area contributed by atoms with E-state index in [1.165, 1.54) is 22.9 Å². The van der Waals surface area contributed by atoms with Crippen LogP contribution >= 0.6 is 0 Å². The maximum Gasteiger partial charge on any atom is 0.286 e. The van der Waals surface area contributed by atoms with Crippen LogP contribution in [0.5, 0.6) is 0 Å². The van der Waals surface area contributed by atoms with Gasteiger partial charge in [-0.15, -0.1) is 0 Å². The summed E-state index contributed by atoms with van der Waals surface area (Å²) in [6.07, 6.45) is 3.01. The van der Waals surface area contributed by atoms with Crippen molar-refractivity contribution in [1.29, 1.82) is 5.41 Å². The summed E-state index contributed by atoms with van der Waals surface area (Å²) < 4.78 is 1.41. The fraction of sp³-hybridized carbons (Fsp3) is 0. The standard InChI is InChI=1S/C9H8N4O2/c10-8-4-3-7(13(14)15)6-12(8)9-2-1-5-11-9/h1-6,10-11H. The molecule has 0 atom stereocenters. The molecule has 0 aliphatic rings. The highest BCUT2D eigenvalue weighted by molar-refractivity contribution is 5.31. The van der Waals surface area contributed by atoms with Gasteiger partial charge in [-0.05, 0) is 18.2 Å². The number of nitro groups is 1. The third kappa shape index (κ3) is 1.64. The van der Waals surface area contributed by atoms with Crippen LogP contribution < -0.4 is 5.49 Å². The van der Waals surface area contributed by atoms with Crippen LogP contribution in [-0.2, 0) is 0 Å². The molecule has 0 bridgehead atoms. The Labute approximate surface area is 84.5 Å². The zero-order valence-electron chi connectivity index (χ0n) is 7.68. The van der Waals surface area contributed by atoms with Crippen molar-refractivity contribution < 1.29 is 4.92 Å². The molecular weight excluding hydrogens is 196 g/mol. The lowest BCUT2D eigenvalue weighted by Gasteiger charge is -2.02. The average Bonchev–Trinajstić information content (AvgIpc) is 2.71. The Bertz CT molecular complexity index is 541. The summed E-state index contributed by atoms with van der Waals surface area (Å²) >= 11 is 0. The van der Waals surface area contributed by atoms with Crippen LogP contribution in [0.1, 0.15) is 0 Å². The first-order chi connectivity index (χ1) is 7.18. The van der Waals surface area contributed by atoms with Gasteiger partial charge >= 0.3 is 0 Å². The minimum atomic E-state index is -0.487. The van der Waals surface area contributed by atoms with Gasteiger partial charge in [0.1, 0.15) is 11.3 Å². The summed E-state index contributed by atoms with van der Waals surface area (Å²) in [5, 5.41) is 18.2. The molecule has 2 rings (SSSR count). The molecule has 76 valence electrons. The molecular formula is C9H8N4O2. The van der Waals surface area contributed by atoms with Gasteiger partial charge in [-0.1, -0.05) is 0 Å². The predicted octanol–water partition coefficient (Wildman–Crippen LogP) is 1.19. The monoisotopic (exact) mass is 204 g/mol. The third-order valence-electron chi connectivity index (χ3n) is 1.98. The van der Waals surface area contributed by atoms with E-state index in [0.29, 0.717) is 5.82 Å². The fourth-order valence-corrected chi connectivity index (χ4v) is 1.27. The number of nitrogens with zero attached hydrogens (tertiary/aromatic N) is 2. The lowest BCUT2D eigenvalue weighted by Crippen LogP contribution is -2.17. The van der Waals surface area contributed by atoms with Crippen molar-refractivity contribution >= 4 is 5.69 Å². The van der Waals surface area contributed by atoms with E-state index in [0.717, 1.165) is 0 Å². The molecule has 0 fully saturated rings. The second-order valence-electron chi connectivity index (χ2n) is 2.96. The summed E-state index contributed by atoms with van der Waals surface area (Å²) in [6.45, 7) is 0. The summed E-state index contributed by atoms with van der Waals surface area (Å²) in [4.78, 5) is 12.9. The zero-order chi connectivity index (χ0) is 10.8. The highest BCUT2D eigenvalue weighted by atomic mass is 16.6. The maximum absolute atomic E-state index is 10.6. The van der Waals surface area contributed by atoms with Gasteiger partial charge in [0.2, 0.25) is 0 Å². The number of nitrogens with one attached hydrogen (secondary N) is 2. The summed E-state index contributed by atoms with van der Waals surface area (Å²) in [7, 11) is 0. The van der Waals surface area contributed by atoms with Crippen molar-refractivity contribution in [3.63, 3.8) is 0 Å². The van der Waals surface area contributed by atoms with Crippen molar-refractivity contribution in [3.8, 4) is 5.82 Å². The average molecular weight is 204 g/mol. The van der Waals surface area contributed by atoms with Gasteiger partial charge in [-0.2, -0.15) is 0 Å². The zero-order valence-corrected chi connectivity index (χ0v) is 7.68. The van der Waals surface area contributed by atoms with Crippen LogP contribution in [-0.4, -0.2) is 14.5 Å². The molecule has 2 N–H and O–H groups in total. The summed E-state index contributed by atoms with van der Waals surface area (Å²) in [6, 6.07) is 6.20. The number of rotatable bonds is 2. The van der Waals surface area contributed by atoms with E-state index in [-0.39, 0.29) is 11.2 Å². The molecule has 15 heavy (non-hydrogen) atoms. The van der Waals surface area contributed by atoms with Crippen LogP contribution in [0.15, 0.2) is 36.7 Å². The summed E-state index contributed by atoms with van der Waals surface area (Å²) in [5.74, 6) is 0.628. The van der Waals surface area contributed by atoms with Crippen molar-refractivity contribution in [2.75, 3.05) is 0 Å². The third-order valence-corrected chi connectivity index (χ3v) is 1.98. The van der Waals surface area contributed by atoms with E-state index < -0.39 is 4.92 Å². The number of H-pyrrole nitrogens is 1.